The molecule has 4 heterocycles. The Kier molecular flexibility index (Phi) is 3.45. The molecule has 0 amide bonds. The van der Waals surface area contributed by atoms with Crippen molar-refractivity contribution in [3.8, 4) is 22.6 Å². The van der Waals surface area contributed by atoms with Crippen molar-refractivity contribution in [3.05, 3.63) is 72.6 Å². The maximum atomic E-state index is 4.83. The van der Waals surface area contributed by atoms with E-state index in [1.807, 2.05) is 47.0 Å². The molecular formula is C20H16N6. The zero-order chi connectivity index (χ0) is 17.3. The Hall–Kier alpha value is -3.54. The lowest BCUT2D eigenvalue weighted by molar-refractivity contribution is 0.956. The van der Waals surface area contributed by atoms with Crippen LogP contribution in [0.1, 0.15) is 5.56 Å². The number of rotatable bonds is 3. The first-order valence-corrected chi connectivity index (χ1v) is 8.54. The van der Waals surface area contributed by atoms with Crippen LogP contribution in [-0.4, -0.2) is 38.5 Å². The SMILES string of the molecule is c1ccc(-c2nc3c(C4=NCCN4)ccc(-c4ccncc4)n3n2)cc1. The van der Waals surface area contributed by atoms with Gasteiger partial charge in [0.15, 0.2) is 11.5 Å². The van der Waals surface area contributed by atoms with E-state index in [9.17, 15) is 0 Å². The van der Waals surface area contributed by atoms with E-state index in [1.54, 1.807) is 12.4 Å². The molecule has 1 aromatic carbocycles. The van der Waals surface area contributed by atoms with Gasteiger partial charge >= 0.3 is 0 Å². The highest BCUT2D eigenvalue weighted by Gasteiger charge is 2.18. The van der Waals surface area contributed by atoms with E-state index < -0.39 is 0 Å². The van der Waals surface area contributed by atoms with Crippen LogP contribution < -0.4 is 5.32 Å². The first kappa shape index (κ1) is 14.8. The van der Waals surface area contributed by atoms with Crippen LogP contribution in [0.4, 0.5) is 0 Å². The Morgan fingerprint density at radius 2 is 1.73 bits per heavy atom. The molecule has 1 aliphatic rings. The molecule has 0 radical (unpaired) electrons. The van der Waals surface area contributed by atoms with Crippen molar-refractivity contribution in [1.82, 2.24) is 24.9 Å². The molecule has 0 spiro atoms. The normalized spacial score (nSPS) is 13.6. The Balaban J connectivity index is 1.77. The number of pyridine rings is 2. The highest BCUT2D eigenvalue weighted by molar-refractivity contribution is 6.05. The molecule has 0 saturated heterocycles. The van der Waals surface area contributed by atoms with Gasteiger partial charge < -0.3 is 5.32 Å². The van der Waals surface area contributed by atoms with Crippen LogP contribution in [0.5, 0.6) is 0 Å². The third-order valence-corrected chi connectivity index (χ3v) is 4.42. The van der Waals surface area contributed by atoms with E-state index in [2.05, 4.69) is 27.4 Å². The molecule has 1 N–H and O–H groups in total. The monoisotopic (exact) mass is 340 g/mol. The minimum atomic E-state index is 0.701. The number of nitrogens with one attached hydrogen (secondary N) is 1. The summed E-state index contributed by atoms with van der Waals surface area (Å²) in [6, 6.07) is 18.1. The summed E-state index contributed by atoms with van der Waals surface area (Å²) in [7, 11) is 0. The predicted molar refractivity (Wildman–Crippen MR) is 101 cm³/mol. The van der Waals surface area contributed by atoms with Crippen molar-refractivity contribution in [3.63, 3.8) is 0 Å². The van der Waals surface area contributed by atoms with Gasteiger partial charge in [0, 0.05) is 30.1 Å². The topological polar surface area (TPSA) is 67.5 Å². The van der Waals surface area contributed by atoms with Gasteiger partial charge in [0.2, 0.25) is 0 Å². The van der Waals surface area contributed by atoms with Gasteiger partial charge in [-0.05, 0) is 24.3 Å². The number of hydrogen-bond acceptors (Lipinski definition) is 5. The molecule has 0 saturated carbocycles. The van der Waals surface area contributed by atoms with Crippen molar-refractivity contribution in [2.75, 3.05) is 13.1 Å². The summed E-state index contributed by atoms with van der Waals surface area (Å²) < 4.78 is 1.90. The first-order valence-electron chi connectivity index (χ1n) is 8.54. The van der Waals surface area contributed by atoms with Gasteiger partial charge in [0.25, 0.3) is 0 Å². The molecule has 6 nitrogen and oxygen atoms in total. The number of nitrogens with zero attached hydrogens (tertiary/aromatic N) is 5. The number of aromatic nitrogens is 4. The zero-order valence-corrected chi connectivity index (χ0v) is 14.0. The number of benzene rings is 1. The van der Waals surface area contributed by atoms with E-state index in [0.29, 0.717) is 5.82 Å². The number of amidine groups is 1. The van der Waals surface area contributed by atoms with Gasteiger partial charge in [-0.3, -0.25) is 9.98 Å². The molecule has 3 aromatic heterocycles. The van der Waals surface area contributed by atoms with Crippen LogP contribution in [-0.2, 0) is 0 Å². The lowest BCUT2D eigenvalue weighted by atomic mass is 10.1. The maximum absolute atomic E-state index is 4.83. The molecule has 0 fully saturated rings. The number of hydrogen-bond donors (Lipinski definition) is 1. The van der Waals surface area contributed by atoms with Crippen molar-refractivity contribution >= 4 is 11.5 Å². The third-order valence-electron chi connectivity index (χ3n) is 4.42. The van der Waals surface area contributed by atoms with Crippen molar-refractivity contribution in [1.29, 1.82) is 0 Å². The molecule has 126 valence electrons. The average molecular weight is 340 g/mol. The molecule has 0 bridgehead atoms. The van der Waals surface area contributed by atoms with E-state index in [-0.39, 0.29) is 0 Å². The third kappa shape index (κ3) is 2.43. The van der Waals surface area contributed by atoms with Crippen LogP contribution in [0.3, 0.4) is 0 Å². The van der Waals surface area contributed by atoms with Crippen LogP contribution in [0.15, 0.2) is 72.0 Å². The largest absolute Gasteiger partial charge is 0.368 e. The van der Waals surface area contributed by atoms with Gasteiger partial charge in [-0.1, -0.05) is 30.3 Å². The van der Waals surface area contributed by atoms with E-state index in [1.165, 1.54) is 0 Å². The van der Waals surface area contributed by atoms with Crippen LogP contribution in [0.25, 0.3) is 28.3 Å². The standard InChI is InChI=1S/C20H16N6/c1-2-4-15(5-3-1)18-24-20-16(19-22-12-13-23-19)6-7-17(26(20)25-18)14-8-10-21-11-9-14/h1-11H,12-13H2,(H,22,23). The van der Waals surface area contributed by atoms with Crippen molar-refractivity contribution < 1.29 is 0 Å². The number of aliphatic imine (C=N–C) groups is 1. The quantitative estimate of drug-likeness (QED) is 0.623. The highest BCUT2D eigenvalue weighted by atomic mass is 15.3. The molecule has 1 aliphatic heterocycles. The summed E-state index contributed by atoms with van der Waals surface area (Å²) >= 11 is 0. The molecule has 4 aromatic rings. The summed E-state index contributed by atoms with van der Waals surface area (Å²) in [5.41, 5.74) is 4.77. The van der Waals surface area contributed by atoms with Crippen molar-refractivity contribution in [2.45, 2.75) is 0 Å². The van der Waals surface area contributed by atoms with E-state index >= 15 is 0 Å². The molecular weight excluding hydrogens is 324 g/mol. The molecule has 6 heteroatoms. The lowest BCUT2D eigenvalue weighted by Gasteiger charge is -2.08. The molecule has 0 atom stereocenters. The highest BCUT2D eigenvalue weighted by Crippen LogP contribution is 2.25. The van der Waals surface area contributed by atoms with Gasteiger partial charge in [-0.15, -0.1) is 5.10 Å². The van der Waals surface area contributed by atoms with Gasteiger partial charge in [0.1, 0.15) is 5.84 Å². The predicted octanol–water partition coefficient (Wildman–Crippen LogP) is 2.81. The molecule has 26 heavy (non-hydrogen) atoms. The second-order valence-electron chi connectivity index (χ2n) is 6.06. The minimum Gasteiger partial charge on any atom is -0.368 e. The van der Waals surface area contributed by atoms with Crippen LogP contribution in [0, 0.1) is 0 Å². The minimum absolute atomic E-state index is 0.701. The summed E-state index contributed by atoms with van der Waals surface area (Å²) in [6.07, 6.45) is 3.57. The second-order valence-corrected chi connectivity index (χ2v) is 6.06. The summed E-state index contributed by atoms with van der Waals surface area (Å²) in [5, 5.41) is 8.13. The van der Waals surface area contributed by atoms with E-state index in [0.717, 1.165) is 47.0 Å². The van der Waals surface area contributed by atoms with Crippen molar-refractivity contribution in [2.24, 2.45) is 4.99 Å². The van der Waals surface area contributed by atoms with Gasteiger partial charge in [0.05, 0.1) is 17.8 Å². The van der Waals surface area contributed by atoms with E-state index in [4.69, 9.17) is 10.1 Å². The number of fused-ring (bicyclic) bond motifs is 1. The fourth-order valence-electron chi connectivity index (χ4n) is 3.18. The zero-order valence-electron chi connectivity index (χ0n) is 14.0. The summed E-state index contributed by atoms with van der Waals surface area (Å²) in [5.74, 6) is 1.58. The molecule has 0 unspecified atom stereocenters. The maximum Gasteiger partial charge on any atom is 0.182 e. The summed E-state index contributed by atoms with van der Waals surface area (Å²) in [4.78, 5) is 13.5. The lowest BCUT2D eigenvalue weighted by Crippen LogP contribution is -2.20. The molecule has 0 aliphatic carbocycles. The fraction of sp³-hybridized carbons (Fsp3) is 0.100. The Morgan fingerprint density at radius 3 is 2.50 bits per heavy atom. The van der Waals surface area contributed by atoms with Gasteiger partial charge in [-0.2, -0.15) is 0 Å². The first-order chi connectivity index (χ1) is 12.9. The second kappa shape index (κ2) is 6.07. The van der Waals surface area contributed by atoms with Gasteiger partial charge in [-0.25, -0.2) is 9.50 Å². The van der Waals surface area contributed by atoms with Crippen LogP contribution in [0.2, 0.25) is 0 Å². The fourth-order valence-corrected chi connectivity index (χ4v) is 3.18. The average Bonchev–Trinajstić information content (AvgIpc) is 3.39. The Morgan fingerprint density at radius 1 is 0.885 bits per heavy atom. The Labute approximate surface area is 150 Å². The van der Waals surface area contributed by atoms with Crippen LogP contribution >= 0.6 is 0 Å². The summed E-state index contributed by atoms with van der Waals surface area (Å²) in [6.45, 7) is 1.64. The molecule has 5 rings (SSSR count). The smallest absolute Gasteiger partial charge is 0.182 e. The Bertz CT molecular complexity index is 1100.